The number of fused-ring (bicyclic) bond motifs is 2. The molecule has 3 aromatic carbocycles. The minimum absolute atomic E-state index is 0.0605. The van der Waals surface area contributed by atoms with Gasteiger partial charge >= 0.3 is 4.87 Å². The number of aryl methyl sites for hydroxylation is 2. The molecule has 1 fully saturated rings. The highest BCUT2D eigenvalue weighted by molar-refractivity contribution is 8.00. The molecule has 3 heterocycles. The van der Waals surface area contributed by atoms with Crippen LogP contribution in [0.25, 0.3) is 0 Å². The van der Waals surface area contributed by atoms with Crippen LogP contribution in [0.5, 0.6) is 0 Å². The van der Waals surface area contributed by atoms with Crippen molar-refractivity contribution in [3.05, 3.63) is 110 Å². The Morgan fingerprint density at radius 2 is 1.44 bits per heavy atom. The number of carbonyl (C=O) groups excluding carboxylic acids is 3. The van der Waals surface area contributed by atoms with Gasteiger partial charge in [-0.25, -0.2) is 4.90 Å². The molecule has 2 unspecified atom stereocenters. The summed E-state index contributed by atoms with van der Waals surface area (Å²) in [6.45, 7) is 10.1. The molecule has 0 spiro atoms. The van der Waals surface area contributed by atoms with Gasteiger partial charge in [-0.1, -0.05) is 104 Å². The molecule has 3 atom stereocenters. The molecule has 6 rings (SSSR count). The maximum atomic E-state index is 14.1. The van der Waals surface area contributed by atoms with E-state index in [0.717, 1.165) is 38.5 Å². The van der Waals surface area contributed by atoms with E-state index in [4.69, 9.17) is 0 Å². The number of rotatable bonds is 5. The third-order valence-corrected chi connectivity index (χ3v) is 10.7. The number of imide groups is 1. The number of amides is 3. The third-order valence-electron chi connectivity index (χ3n) is 8.11. The van der Waals surface area contributed by atoms with Crippen molar-refractivity contribution in [3.8, 4) is 0 Å². The molecule has 2 aliphatic rings. The Labute approximate surface area is 258 Å². The quantitative estimate of drug-likeness (QED) is 0.269. The number of anilines is 2. The number of nitrogens with zero attached hydrogens (tertiary/aromatic N) is 2. The fourth-order valence-electron chi connectivity index (χ4n) is 5.73. The summed E-state index contributed by atoms with van der Waals surface area (Å²) < 4.78 is 1.45. The van der Waals surface area contributed by atoms with Crippen LogP contribution in [0.4, 0.5) is 11.4 Å². The van der Waals surface area contributed by atoms with Crippen molar-refractivity contribution in [2.75, 3.05) is 10.2 Å². The second kappa shape index (κ2) is 11.0. The Morgan fingerprint density at radius 1 is 0.837 bits per heavy atom. The van der Waals surface area contributed by atoms with Gasteiger partial charge < -0.3 is 5.32 Å². The molecule has 7 nitrogen and oxygen atoms in total. The number of benzene rings is 3. The molecule has 4 aromatic rings. The summed E-state index contributed by atoms with van der Waals surface area (Å²) in [7, 11) is 0. The van der Waals surface area contributed by atoms with Crippen LogP contribution in [0, 0.1) is 19.8 Å². The van der Waals surface area contributed by atoms with Crippen LogP contribution in [0.3, 0.4) is 0 Å². The second-order valence-corrected chi connectivity index (χ2v) is 14.4. The lowest BCUT2D eigenvalue weighted by Gasteiger charge is -2.31. The monoisotopic (exact) mass is 611 g/mol. The first-order chi connectivity index (χ1) is 20.4. The van der Waals surface area contributed by atoms with E-state index in [9.17, 15) is 19.2 Å². The lowest BCUT2D eigenvalue weighted by Crippen LogP contribution is -2.33. The molecule has 1 saturated heterocycles. The first kappa shape index (κ1) is 29.1. The van der Waals surface area contributed by atoms with Crippen LogP contribution < -0.4 is 15.1 Å². The van der Waals surface area contributed by atoms with Crippen molar-refractivity contribution in [2.24, 2.45) is 5.92 Å². The summed E-state index contributed by atoms with van der Waals surface area (Å²) in [5.74, 6) is -2.09. The van der Waals surface area contributed by atoms with Gasteiger partial charge in [0, 0.05) is 16.5 Å². The summed E-state index contributed by atoms with van der Waals surface area (Å²) in [4.78, 5) is 56.3. The maximum absolute atomic E-state index is 14.1. The predicted molar refractivity (Wildman–Crippen MR) is 172 cm³/mol. The largest absolute Gasteiger partial charge is 0.325 e. The fraction of sp³-hybridized carbons (Fsp3) is 0.294. The highest BCUT2D eigenvalue weighted by Crippen LogP contribution is 2.54. The predicted octanol–water partition coefficient (Wildman–Crippen LogP) is 6.26. The molecule has 3 amide bonds. The van der Waals surface area contributed by atoms with E-state index in [1.807, 2.05) is 62.4 Å². The van der Waals surface area contributed by atoms with Crippen molar-refractivity contribution in [3.63, 3.8) is 0 Å². The second-order valence-electron chi connectivity index (χ2n) is 12.3. The van der Waals surface area contributed by atoms with Crippen LogP contribution in [-0.4, -0.2) is 27.5 Å². The molecule has 0 aliphatic carbocycles. The number of aromatic nitrogens is 1. The summed E-state index contributed by atoms with van der Waals surface area (Å²) in [5, 5.41) is 2.72. The van der Waals surface area contributed by atoms with Gasteiger partial charge in [0.05, 0.1) is 16.6 Å². The van der Waals surface area contributed by atoms with Gasteiger partial charge in [0.25, 0.3) is 0 Å². The van der Waals surface area contributed by atoms with Crippen molar-refractivity contribution >= 4 is 52.2 Å². The lowest BCUT2D eigenvalue weighted by atomic mass is 9.81. The Balaban J connectivity index is 1.41. The van der Waals surface area contributed by atoms with Gasteiger partial charge in [0.2, 0.25) is 17.7 Å². The third kappa shape index (κ3) is 5.36. The van der Waals surface area contributed by atoms with Gasteiger partial charge in [-0.2, -0.15) is 0 Å². The molecule has 2 aliphatic heterocycles. The summed E-state index contributed by atoms with van der Waals surface area (Å²) in [5.41, 5.74) is 5.24. The van der Waals surface area contributed by atoms with Crippen molar-refractivity contribution in [1.29, 1.82) is 0 Å². The summed E-state index contributed by atoms with van der Waals surface area (Å²) >= 11 is 2.28. The standard InChI is InChI=1S/C34H33N3O4S2/c1-19-6-14-23(15-7-19)35-25(38)18-36-32-29(43-33(36)41)26(21-10-12-22(13-11-21)34(3,4)5)27-28(42-32)31(40)37(30(27)39)24-16-8-20(2)9-17-24/h6-17,26-28H,18H2,1-5H3,(H,35,38)/t26-,27?,28?/m0/s1. The van der Waals surface area contributed by atoms with Gasteiger partial charge in [-0.3, -0.25) is 23.7 Å². The van der Waals surface area contributed by atoms with E-state index in [2.05, 4.69) is 38.2 Å². The van der Waals surface area contributed by atoms with Gasteiger partial charge in [0.15, 0.2) is 0 Å². The zero-order chi connectivity index (χ0) is 30.6. The van der Waals surface area contributed by atoms with Gasteiger partial charge in [-0.05, 0) is 54.7 Å². The van der Waals surface area contributed by atoms with Crippen LogP contribution in [0.2, 0.25) is 0 Å². The van der Waals surface area contributed by atoms with Crippen LogP contribution in [0.15, 0.2) is 82.6 Å². The normalized spacial score (nSPS) is 19.7. The van der Waals surface area contributed by atoms with E-state index in [0.29, 0.717) is 16.4 Å². The minimum atomic E-state index is -0.728. The smallest absolute Gasteiger partial charge is 0.308 e. The highest BCUT2D eigenvalue weighted by Gasteiger charge is 2.56. The first-order valence-corrected chi connectivity index (χ1v) is 15.9. The Hall–Kier alpha value is -3.95. The molecule has 0 radical (unpaired) electrons. The van der Waals surface area contributed by atoms with E-state index < -0.39 is 17.1 Å². The molecule has 1 aromatic heterocycles. The number of nitrogens with one attached hydrogen (secondary N) is 1. The number of thiazole rings is 1. The fourth-order valence-corrected chi connectivity index (χ4v) is 8.51. The van der Waals surface area contributed by atoms with E-state index in [1.54, 1.807) is 12.1 Å². The zero-order valence-electron chi connectivity index (χ0n) is 24.7. The first-order valence-electron chi connectivity index (χ1n) is 14.2. The molecule has 0 bridgehead atoms. The molecule has 0 saturated carbocycles. The summed E-state index contributed by atoms with van der Waals surface area (Å²) in [6, 6.07) is 22.9. The van der Waals surface area contributed by atoms with Crippen molar-refractivity contribution in [1.82, 2.24) is 4.57 Å². The molecular weight excluding hydrogens is 579 g/mol. The lowest BCUT2D eigenvalue weighted by molar-refractivity contribution is -0.122. The molecule has 1 N–H and O–H groups in total. The maximum Gasteiger partial charge on any atom is 0.308 e. The molecule has 9 heteroatoms. The van der Waals surface area contributed by atoms with Crippen molar-refractivity contribution in [2.45, 2.75) is 62.8 Å². The number of hydrogen-bond donors (Lipinski definition) is 1. The Kier molecular flexibility index (Phi) is 7.42. The minimum Gasteiger partial charge on any atom is -0.325 e. The highest BCUT2D eigenvalue weighted by atomic mass is 32.2. The van der Waals surface area contributed by atoms with E-state index in [1.165, 1.54) is 21.2 Å². The Morgan fingerprint density at radius 3 is 2.05 bits per heavy atom. The van der Waals surface area contributed by atoms with Crippen LogP contribution >= 0.6 is 23.1 Å². The average molecular weight is 612 g/mol. The SMILES string of the molecule is Cc1ccc(NC(=O)Cn2c3c(sc2=O)[C@@H](c2ccc(C(C)(C)C)cc2)C2C(=O)N(c4ccc(C)cc4)C(=O)C2S3)cc1. The number of thioether (sulfide) groups is 1. The molecular formula is C34H33N3O4S2. The topological polar surface area (TPSA) is 88.5 Å². The van der Waals surface area contributed by atoms with E-state index >= 15 is 0 Å². The van der Waals surface area contributed by atoms with E-state index in [-0.39, 0.29) is 34.6 Å². The van der Waals surface area contributed by atoms with Gasteiger partial charge in [-0.15, -0.1) is 0 Å². The van der Waals surface area contributed by atoms with Crippen LogP contribution in [0.1, 0.15) is 53.8 Å². The zero-order valence-corrected chi connectivity index (χ0v) is 26.3. The molecule has 220 valence electrons. The van der Waals surface area contributed by atoms with Gasteiger partial charge in [0.1, 0.15) is 11.8 Å². The molecule has 43 heavy (non-hydrogen) atoms. The summed E-state index contributed by atoms with van der Waals surface area (Å²) in [6.07, 6.45) is 0. The number of hydrogen-bond acceptors (Lipinski definition) is 6. The average Bonchev–Trinajstić information content (AvgIpc) is 3.40. The van der Waals surface area contributed by atoms with Crippen LogP contribution in [-0.2, 0) is 26.3 Å². The van der Waals surface area contributed by atoms with Crippen molar-refractivity contribution < 1.29 is 14.4 Å². The number of carbonyl (C=O) groups is 3. The Bertz CT molecular complexity index is 1780.